The maximum Gasteiger partial charge on any atom is 0.0425 e. The number of pyridine rings is 1. The Bertz CT molecular complexity index is 643. The largest absolute Gasteiger partial charge is 0.398 e. The Balaban J connectivity index is 2.34. The Morgan fingerprint density at radius 2 is 2.00 bits per heavy atom. The van der Waals surface area contributed by atoms with Crippen LogP contribution in [0.5, 0.6) is 0 Å². The summed E-state index contributed by atoms with van der Waals surface area (Å²) in [7, 11) is 0. The molecular weight excluding hydrogens is 216 g/mol. The lowest BCUT2D eigenvalue weighted by Crippen LogP contribution is -1.90. The number of anilines is 1. The van der Waals surface area contributed by atoms with Crippen molar-refractivity contribution in [2.45, 2.75) is 0 Å². The first-order valence-corrected chi connectivity index (χ1v) is 5.90. The smallest absolute Gasteiger partial charge is 0.0425 e. The zero-order valence-corrected chi connectivity index (χ0v) is 9.37. The van der Waals surface area contributed by atoms with Crippen molar-refractivity contribution in [2.24, 2.45) is 0 Å². The fourth-order valence-electron chi connectivity index (χ4n) is 1.84. The Hall–Kier alpha value is -1.87. The van der Waals surface area contributed by atoms with Crippen molar-refractivity contribution in [1.82, 2.24) is 4.98 Å². The number of nitrogens with zero attached hydrogens (tertiary/aromatic N) is 1. The topological polar surface area (TPSA) is 38.9 Å². The molecule has 3 aromatic rings. The monoisotopic (exact) mass is 226 g/mol. The summed E-state index contributed by atoms with van der Waals surface area (Å²) in [4.78, 5) is 4.14. The first-order valence-electron chi connectivity index (χ1n) is 5.02. The van der Waals surface area contributed by atoms with Crippen molar-refractivity contribution < 1.29 is 0 Å². The normalized spacial score (nSPS) is 10.8. The third kappa shape index (κ3) is 1.37. The molecule has 0 aliphatic rings. The van der Waals surface area contributed by atoms with Crippen LogP contribution in [0, 0.1) is 0 Å². The zero-order chi connectivity index (χ0) is 11.0. The lowest BCUT2D eigenvalue weighted by atomic mass is 10.0. The van der Waals surface area contributed by atoms with Gasteiger partial charge >= 0.3 is 0 Å². The molecule has 3 rings (SSSR count). The molecule has 2 nitrogen and oxygen atoms in total. The van der Waals surface area contributed by atoms with Gasteiger partial charge in [0.15, 0.2) is 0 Å². The van der Waals surface area contributed by atoms with Gasteiger partial charge in [0.1, 0.15) is 0 Å². The van der Waals surface area contributed by atoms with Crippen LogP contribution in [0.25, 0.3) is 21.2 Å². The molecule has 16 heavy (non-hydrogen) atoms. The fourth-order valence-corrected chi connectivity index (χ4v) is 2.76. The van der Waals surface area contributed by atoms with Crippen LogP contribution in [0.3, 0.4) is 0 Å². The summed E-state index contributed by atoms with van der Waals surface area (Å²) in [6.45, 7) is 0. The highest BCUT2D eigenvalue weighted by Gasteiger charge is 2.07. The number of rotatable bonds is 1. The maximum absolute atomic E-state index is 5.98. The van der Waals surface area contributed by atoms with Gasteiger partial charge < -0.3 is 5.73 Å². The summed E-state index contributed by atoms with van der Waals surface area (Å²) in [5.41, 5.74) is 8.93. The predicted octanol–water partition coefficient (Wildman–Crippen LogP) is 3.55. The SMILES string of the molecule is Nc1ccncc1-c1cccc2ccsc12. The van der Waals surface area contributed by atoms with Crippen LogP contribution >= 0.6 is 11.3 Å². The molecule has 2 aromatic heterocycles. The molecule has 0 saturated heterocycles. The van der Waals surface area contributed by atoms with Gasteiger partial charge in [0.05, 0.1) is 0 Å². The highest BCUT2D eigenvalue weighted by Crippen LogP contribution is 2.34. The highest BCUT2D eigenvalue weighted by atomic mass is 32.1. The Morgan fingerprint density at radius 1 is 1.06 bits per heavy atom. The second-order valence-corrected chi connectivity index (χ2v) is 4.52. The van der Waals surface area contributed by atoms with Gasteiger partial charge in [-0.05, 0) is 22.9 Å². The number of thiophene rings is 1. The molecule has 0 radical (unpaired) electrons. The van der Waals surface area contributed by atoms with E-state index in [-0.39, 0.29) is 0 Å². The molecule has 2 N–H and O–H groups in total. The van der Waals surface area contributed by atoms with Crippen LogP contribution < -0.4 is 5.73 Å². The van der Waals surface area contributed by atoms with Crippen molar-refractivity contribution in [3.63, 3.8) is 0 Å². The number of benzene rings is 1. The lowest BCUT2D eigenvalue weighted by Gasteiger charge is -2.05. The molecule has 0 aliphatic carbocycles. The number of aromatic nitrogens is 1. The van der Waals surface area contributed by atoms with E-state index in [1.165, 1.54) is 10.1 Å². The average molecular weight is 226 g/mol. The predicted molar refractivity (Wildman–Crippen MR) is 69.5 cm³/mol. The van der Waals surface area contributed by atoms with Gasteiger partial charge in [-0.15, -0.1) is 11.3 Å². The van der Waals surface area contributed by atoms with E-state index in [0.29, 0.717) is 0 Å². The number of hydrogen-bond acceptors (Lipinski definition) is 3. The molecule has 0 fully saturated rings. The summed E-state index contributed by atoms with van der Waals surface area (Å²) < 4.78 is 1.27. The summed E-state index contributed by atoms with van der Waals surface area (Å²) in [6, 6.07) is 10.2. The minimum Gasteiger partial charge on any atom is -0.398 e. The van der Waals surface area contributed by atoms with E-state index >= 15 is 0 Å². The van der Waals surface area contributed by atoms with Crippen molar-refractivity contribution in [3.05, 3.63) is 48.1 Å². The van der Waals surface area contributed by atoms with Crippen molar-refractivity contribution >= 4 is 27.1 Å². The average Bonchev–Trinajstić information content (AvgIpc) is 2.77. The number of nitrogens with two attached hydrogens (primary N) is 1. The van der Waals surface area contributed by atoms with Gasteiger partial charge in [0.25, 0.3) is 0 Å². The summed E-state index contributed by atoms with van der Waals surface area (Å²) in [5, 5.41) is 3.35. The van der Waals surface area contributed by atoms with Crippen LogP contribution in [-0.4, -0.2) is 4.98 Å². The molecule has 0 unspecified atom stereocenters. The molecular formula is C13H10N2S. The molecule has 0 atom stereocenters. The van der Waals surface area contributed by atoms with Crippen LogP contribution in [0.1, 0.15) is 0 Å². The summed E-state index contributed by atoms with van der Waals surface area (Å²) in [6.07, 6.45) is 3.54. The van der Waals surface area contributed by atoms with Crippen molar-refractivity contribution in [3.8, 4) is 11.1 Å². The second-order valence-electron chi connectivity index (χ2n) is 3.61. The summed E-state index contributed by atoms with van der Waals surface area (Å²) in [5.74, 6) is 0. The van der Waals surface area contributed by atoms with E-state index in [1.807, 2.05) is 12.3 Å². The number of hydrogen-bond donors (Lipinski definition) is 1. The van der Waals surface area contributed by atoms with Gasteiger partial charge in [-0.1, -0.05) is 18.2 Å². The lowest BCUT2D eigenvalue weighted by molar-refractivity contribution is 1.33. The minimum absolute atomic E-state index is 0.774. The van der Waals surface area contributed by atoms with Crippen molar-refractivity contribution in [1.29, 1.82) is 0 Å². The van der Waals surface area contributed by atoms with Gasteiger partial charge in [-0.2, -0.15) is 0 Å². The Labute approximate surface area is 97.4 Å². The van der Waals surface area contributed by atoms with Crippen LogP contribution in [0.2, 0.25) is 0 Å². The summed E-state index contributed by atoms with van der Waals surface area (Å²) >= 11 is 1.73. The van der Waals surface area contributed by atoms with Crippen LogP contribution in [-0.2, 0) is 0 Å². The van der Waals surface area contributed by atoms with E-state index in [2.05, 4.69) is 34.6 Å². The number of nitrogen functional groups attached to an aromatic ring is 1. The molecule has 0 bridgehead atoms. The molecule has 0 aliphatic heterocycles. The highest BCUT2D eigenvalue weighted by molar-refractivity contribution is 7.17. The van der Waals surface area contributed by atoms with Gasteiger partial charge in [-0.3, -0.25) is 4.98 Å². The first kappa shape index (κ1) is 9.36. The van der Waals surface area contributed by atoms with Gasteiger partial charge in [0, 0.05) is 33.9 Å². The fraction of sp³-hybridized carbons (Fsp3) is 0. The second kappa shape index (κ2) is 3.61. The van der Waals surface area contributed by atoms with Gasteiger partial charge in [-0.25, -0.2) is 0 Å². The third-order valence-electron chi connectivity index (χ3n) is 2.62. The Morgan fingerprint density at radius 3 is 2.88 bits per heavy atom. The van der Waals surface area contributed by atoms with E-state index in [4.69, 9.17) is 5.73 Å². The minimum atomic E-state index is 0.774. The van der Waals surface area contributed by atoms with E-state index < -0.39 is 0 Å². The first-order chi connectivity index (χ1) is 7.86. The van der Waals surface area contributed by atoms with E-state index in [9.17, 15) is 0 Å². The Kier molecular flexibility index (Phi) is 2.11. The zero-order valence-electron chi connectivity index (χ0n) is 8.55. The molecule has 0 spiro atoms. The van der Waals surface area contributed by atoms with Crippen LogP contribution in [0.4, 0.5) is 5.69 Å². The van der Waals surface area contributed by atoms with Crippen molar-refractivity contribution in [2.75, 3.05) is 5.73 Å². The van der Waals surface area contributed by atoms with Crippen LogP contribution in [0.15, 0.2) is 48.1 Å². The number of fused-ring (bicyclic) bond motifs is 1. The van der Waals surface area contributed by atoms with E-state index in [1.54, 1.807) is 17.5 Å². The molecule has 1 aromatic carbocycles. The van der Waals surface area contributed by atoms with Gasteiger partial charge in [0.2, 0.25) is 0 Å². The third-order valence-corrected chi connectivity index (χ3v) is 3.59. The van der Waals surface area contributed by atoms with E-state index in [0.717, 1.165) is 16.8 Å². The quantitative estimate of drug-likeness (QED) is 0.689. The molecule has 0 amide bonds. The maximum atomic E-state index is 5.98. The molecule has 78 valence electrons. The molecule has 0 saturated carbocycles. The molecule has 2 heterocycles. The molecule has 3 heteroatoms. The standard InChI is InChI=1S/C13H10N2S/c14-12-4-6-15-8-11(12)10-3-1-2-9-5-7-16-13(9)10/h1-8H,(H2,14,15).